The summed E-state index contributed by atoms with van der Waals surface area (Å²) in [5, 5.41) is 2.51. The summed E-state index contributed by atoms with van der Waals surface area (Å²) in [6.45, 7) is 3.81. The molecular weight excluding hydrogens is 318 g/mol. The largest absolute Gasteiger partial charge is 0.461 e. The van der Waals surface area contributed by atoms with Crippen molar-refractivity contribution in [1.29, 1.82) is 0 Å². The predicted molar refractivity (Wildman–Crippen MR) is 90.6 cm³/mol. The molecule has 1 amide bonds. The van der Waals surface area contributed by atoms with Crippen molar-refractivity contribution in [3.63, 3.8) is 0 Å². The van der Waals surface area contributed by atoms with Crippen LogP contribution in [-0.2, 0) is 19.0 Å². The SMILES string of the molecule is C=CC(=O)OCCNC(=O)OC(COC)CSc1ccccc1.[HH]. The molecule has 1 N–H and O–H groups in total. The molecule has 1 aromatic carbocycles. The zero-order valence-corrected chi connectivity index (χ0v) is 13.8. The van der Waals surface area contributed by atoms with Crippen molar-refractivity contribution in [2.24, 2.45) is 0 Å². The van der Waals surface area contributed by atoms with Gasteiger partial charge in [0.1, 0.15) is 12.7 Å². The molecule has 0 aliphatic rings. The number of esters is 1. The summed E-state index contributed by atoms with van der Waals surface area (Å²) in [4.78, 5) is 23.6. The first-order valence-electron chi connectivity index (χ1n) is 7.06. The van der Waals surface area contributed by atoms with E-state index < -0.39 is 12.1 Å². The van der Waals surface area contributed by atoms with Crippen LogP contribution in [0.2, 0.25) is 0 Å². The molecule has 0 bridgehead atoms. The van der Waals surface area contributed by atoms with E-state index in [-0.39, 0.29) is 20.7 Å². The van der Waals surface area contributed by atoms with Crippen molar-refractivity contribution in [2.45, 2.75) is 11.0 Å². The van der Waals surface area contributed by atoms with Gasteiger partial charge in [0.05, 0.1) is 13.2 Å². The van der Waals surface area contributed by atoms with E-state index >= 15 is 0 Å². The Labute approximate surface area is 141 Å². The zero-order chi connectivity index (χ0) is 16.9. The molecule has 0 heterocycles. The van der Waals surface area contributed by atoms with Crippen LogP contribution in [0, 0.1) is 0 Å². The number of thioether (sulfide) groups is 1. The number of alkyl carbamates (subject to hydrolysis) is 1. The fraction of sp³-hybridized carbons (Fsp3) is 0.375. The first-order chi connectivity index (χ1) is 11.2. The van der Waals surface area contributed by atoms with Gasteiger partial charge in [-0.25, -0.2) is 9.59 Å². The van der Waals surface area contributed by atoms with Gasteiger partial charge in [-0.05, 0) is 12.1 Å². The Balaban J connectivity index is 0.00000529. The number of amides is 1. The van der Waals surface area contributed by atoms with Crippen LogP contribution in [0.3, 0.4) is 0 Å². The van der Waals surface area contributed by atoms with E-state index in [2.05, 4.69) is 11.9 Å². The normalized spacial score (nSPS) is 11.3. The Kier molecular flexibility index (Phi) is 9.58. The maximum Gasteiger partial charge on any atom is 0.407 e. The quantitative estimate of drug-likeness (QED) is 0.305. The number of nitrogens with one attached hydrogen (secondary N) is 1. The lowest BCUT2D eigenvalue weighted by atomic mass is 10.4. The molecule has 0 saturated carbocycles. The van der Waals surface area contributed by atoms with Gasteiger partial charge in [0.25, 0.3) is 0 Å². The number of hydrogen-bond donors (Lipinski definition) is 1. The van der Waals surface area contributed by atoms with Gasteiger partial charge in [-0.2, -0.15) is 0 Å². The van der Waals surface area contributed by atoms with E-state index in [0.717, 1.165) is 11.0 Å². The van der Waals surface area contributed by atoms with E-state index in [1.807, 2.05) is 30.3 Å². The van der Waals surface area contributed by atoms with Gasteiger partial charge < -0.3 is 19.5 Å². The minimum Gasteiger partial charge on any atom is -0.461 e. The van der Waals surface area contributed by atoms with Gasteiger partial charge in [-0.3, -0.25) is 0 Å². The molecule has 0 aliphatic carbocycles. The summed E-state index contributed by atoms with van der Waals surface area (Å²) in [7, 11) is 1.55. The summed E-state index contributed by atoms with van der Waals surface area (Å²) >= 11 is 1.58. The second-order valence-corrected chi connectivity index (χ2v) is 5.50. The summed E-state index contributed by atoms with van der Waals surface area (Å²) in [6, 6.07) is 9.82. The molecule has 128 valence electrons. The number of carbonyl (C=O) groups excluding carboxylic acids is 2. The van der Waals surface area contributed by atoms with Crippen LogP contribution in [0.15, 0.2) is 47.9 Å². The van der Waals surface area contributed by atoms with Crippen molar-refractivity contribution in [2.75, 3.05) is 32.6 Å². The topological polar surface area (TPSA) is 73.9 Å². The third-order valence-electron chi connectivity index (χ3n) is 2.59. The molecule has 0 saturated heterocycles. The molecule has 1 rings (SSSR count). The van der Waals surface area contributed by atoms with Crippen molar-refractivity contribution < 1.29 is 25.2 Å². The van der Waals surface area contributed by atoms with Crippen LogP contribution in [0.25, 0.3) is 0 Å². The molecule has 0 radical (unpaired) electrons. The van der Waals surface area contributed by atoms with E-state index in [9.17, 15) is 9.59 Å². The maximum atomic E-state index is 11.7. The van der Waals surface area contributed by atoms with Crippen LogP contribution < -0.4 is 5.32 Å². The smallest absolute Gasteiger partial charge is 0.407 e. The monoisotopic (exact) mass is 341 g/mol. The van der Waals surface area contributed by atoms with E-state index in [4.69, 9.17) is 14.2 Å². The molecule has 0 aromatic heterocycles. The van der Waals surface area contributed by atoms with Gasteiger partial charge in [0, 0.05) is 25.3 Å². The van der Waals surface area contributed by atoms with Crippen LogP contribution >= 0.6 is 11.8 Å². The Hall–Kier alpha value is -1.99. The number of hydrogen-bond acceptors (Lipinski definition) is 6. The zero-order valence-electron chi connectivity index (χ0n) is 13.0. The maximum absolute atomic E-state index is 11.7. The average Bonchev–Trinajstić information content (AvgIpc) is 2.57. The first-order valence-corrected chi connectivity index (χ1v) is 8.04. The molecule has 1 unspecified atom stereocenters. The molecule has 6 nitrogen and oxygen atoms in total. The predicted octanol–water partition coefficient (Wildman–Crippen LogP) is 2.50. The first kappa shape index (κ1) is 19.1. The summed E-state index contributed by atoms with van der Waals surface area (Å²) in [5.74, 6) is 0.0492. The highest BCUT2D eigenvalue weighted by molar-refractivity contribution is 7.99. The lowest BCUT2D eigenvalue weighted by Crippen LogP contribution is -2.34. The van der Waals surface area contributed by atoms with Crippen LogP contribution in [0.4, 0.5) is 4.79 Å². The standard InChI is InChI=1S/C16H21NO5S.H2/c1-3-15(18)21-10-9-17-16(19)22-13(11-20-2)12-23-14-7-5-4-6-8-14;/h3-8,13H,1,9-12H2,2H3,(H,17,19);1H. The van der Waals surface area contributed by atoms with Crippen LogP contribution in [-0.4, -0.2) is 50.8 Å². The number of rotatable bonds is 10. The van der Waals surface area contributed by atoms with Gasteiger partial charge in [-0.1, -0.05) is 24.8 Å². The highest BCUT2D eigenvalue weighted by atomic mass is 32.2. The van der Waals surface area contributed by atoms with Gasteiger partial charge >= 0.3 is 12.1 Å². The minimum absolute atomic E-state index is 0. The Morgan fingerprint density at radius 3 is 2.78 bits per heavy atom. The Morgan fingerprint density at radius 2 is 2.13 bits per heavy atom. The third kappa shape index (κ3) is 8.90. The highest BCUT2D eigenvalue weighted by Crippen LogP contribution is 2.19. The Morgan fingerprint density at radius 1 is 1.39 bits per heavy atom. The second kappa shape index (κ2) is 11.6. The summed E-state index contributed by atoms with van der Waals surface area (Å²) < 4.78 is 15.1. The molecule has 1 atom stereocenters. The number of carbonyl (C=O) groups is 2. The van der Waals surface area contributed by atoms with Gasteiger partial charge in [0.15, 0.2) is 0 Å². The van der Waals surface area contributed by atoms with Gasteiger partial charge in [-0.15, -0.1) is 11.8 Å². The molecule has 23 heavy (non-hydrogen) atoms. The number of benzene rings is 1. The lowest BCUT2D eigenvalue weighted by molar-refractivity contribution is -0.137. The van der Waals surface area contributed by atoms with Crippen molar-refractivity contribution in [3.8, 4) is 0 Å². The van der Waals surface area contributed by atoms with Gasteiger partial charge in [0.2, 0.25) is 0 Å². The third-order valence-corrected chi connectivity index (χ3v) is 3.73. The molecule has 0 aliphatic heterocycles. The molecular formula is C16H23NO5S. The minimum atomic E-state index is -0.574. The average molecular weight is 341 g/mol. The van der Waals surface area contributed by atoms with Crippen molar-refractivity contribution in [3.05, 3.63) is 43.0 Å². The molecule has 1 aromatic rings. The van der Waals surface area contributed by atoms with Crippen LogP contribution in [0.5, 0.6) is 0 Å². The van der Waals surface area contributed by atoms with Crippen LogP contribution in [0.1, 0.15) is 1.43 Å². The van der Waals surface area contributed by atoms with E-state index in [0.29, 0.717) is 12.4 Å². The lowest BCUT2D eigenvalue weighted by Gasteiger charge is -2.17. The van der Waals surface area contributed by atoms with E-state index in [1.54, 1.807) is 18.9 Å². The molecule has 0 spiro atoms. The number of methoxy groups -OCH3 is 1. The second-order valence-electron chi connectivity index (χ2n) is 4.41. The fourth-order valence-electron chi connectivity index (χ4n) is 1.56. The van der Waals surface area contributed by atoms with Crippen molar-refractivity contribution in [1.82, 2.24) is 5.32 Å². The molecule has 7 heteroatoms. The van der Waals surface area contributed by atoms with E-state index in [1.165, 1.54) is 0 Å². The summed E-state index contributed by atoms with van der Waals surface area (Å²) in [6.07, 6.45) is 0.115. The Bertz CT molecular complexity index is 501. The number of ether oxygens (including phenoxy) is 3. The van der Waals surface area contributed by atoms with Crippen molar-refractivity contribution >= 4 is 23.8 Å². The fourth-order valence-corrected chi connectivity index (χ4v) is 2.46. The summed E-state index contributed by atoms with van der Waals surface area (Å²) in [5.41, 5.74) is 0. The molecule has 0 fully saturated rings. The highest BCUT2D eigenvalue weighted by Gasteiger charge is 2.14.